The maximum absolute atomic E-state index is 5.66. The highest BCUT2D eigenvalue weighted by Crippen LogP contribution is 2.27. The van der Waals surface area contributed by atoms with Gasteiger partial charge in [-0.2, -0.15) is 0 Å². The van der Waals surface area contributed by atoms with E-state index in [1.54, 1.807) is 14.2 Å². The maximum Gasteiger partial charge on any atom is 0.160 e. The first-order valence-electron chi connectivity index (χ1n) is 7.31. The Kier molecular flexibility index (Phi) is 6.29. The quantitative estimate of drug-likeness (QED) is 0.764. The van der Waals surface area contributed by atoms with Gasteiger partial charge in [-0.3, -0.25) is 0 Å². The van der Waals surface area contributed by atoms with Crippen LogP contribution in [0.25, 0.3) is 0 Å². The number of hydrogen-bond donors (Lipinski definition) is 0. The minimum atomic E-state index is 0.189. The second-order valence-corrected chi connectivity index (χ2v) is 5.27. The zero-order chi connectivity index (χ0) is 15.1. The van der Waals surface area contributed by atoms with Crippen molar-refractivity contribution >= 4 is 0 Å². The summed E-state index contributed by atoms with van der Waals surface area (Å²) in [6.07, 6.45) is 1.15. The van der Waals surface area contributed by atoms with Gasteiger partial charge < -0.3 is 23.8 Å². The fourth-order valence-electron chi connectivity index (χ4n) is 2.44. The second kappa shape index (κ2) is 8.22. The molecule has 21 heavy (non-hydrogen) atoms. The van der Waals surface area contributed by atoms with Crippen molar-refractivity contribution in [1.29, 1.82) is 0 Å². The van der Waals surface area contributed by atoms with E-state index in [-0.39, 0.29) is 6.10 Å². The van der Waals surface area contributed by atoms with Crippen LogP contribution in [0, 0.1) is 0 Å². The molecule has 0 aromatic heterocycles. The summed E-state index contributed by atoms with van der Waals surface area (Å²) in [5.41, 5.74) is 1.24. The molecular weight excluding hydrogens is 270 g/mol. The summed E-state index contributed by atoms with van der Waals surface area (Å²) in [7, 11) is 5.42. The van der Waals surface area contributed by atoms with Gasteiger partial charge in [-0.15, -0.1) is 0 Å². The highest BCUT2D eigenvalue weighted by Gasteiger charge is 2.16. The number of likely N-dealkylation sites (N-methyl/N-ethyl adjacent to an activating group) is 1. The Bertz CT molecular complexity index is 432. The van der Waals surface area contributed by atoms with E-state index in [2.05, 4.69) is 18.0 Å². The molecule has 1 aromatic carbocycles. The molecule has 1 aliphatic rings. The van der Waals surface area contributed by atoms with E-state index in [4.69, 9.17) is 18.9 Å². The van der Waals surface area contributed by atoms with Crippen molar-refractivity contribution in [2.24, 2.45) is 0 Å². The molecule has 1 unspecified atom stereocenters. The number of rotatable bonds is 7. The lowest BCUT2D eigenvalue weighted by molar-refractivity contribution is -0.0956. The van der Waals surface area contributed by atoms with Gasteiger partial charge in [-0.25, -0.2) is 0 Å². The van der Waals surface area contributed by atoms with Gasteiger partial charge >= 0.3 is 0 Å². The van der Waals surface area contributed by atoms with Gasteiger partial charge in [0.15, 0.2) is 11.5 Å². The molecular formula is C16H25NO4. The average molecular weight is 295 g/mol. The normalized spacial score (nSPS) is 18.8. The third kappa shape index (κ3) is 4.88. The summed E-state index contributed by atoms with van der Waals surface area (Å²) in [4.78, 5) is 2.27. The van der Waals surface area contributed by atoms with Crippen molar-refractivity contribution in [2.75, 3.05) is 54.2 Å². The lowest BCUT2D eigenvalue weighted by Gasteiger charge is -2.27. The molecule has 1 heterocycles. The van der Waals surface area contributed by atoms with Crippen LogP contribution in [0.1, 0.15) is 5.56 Å². The van der Waals surface area contributed by atoms with Crippen LogP contribution in [0.15, 0.2) is 18.2 Å². The maximum atomic E-state index is 5.66. The third-order valence-electron chi connectivity index (χ3n) is 3.63. The molecule has 1 fully saturated rings. The number of hydrogen-bond acceptors (Lipinski definition) is 5. The topological polar surface area (TPSA) is 40.2 Å². The van der Waals surface area contributed by atoms with Gasteiger partial charge in [-0.1, -0.05) is 6.07 Å². The first kappa shape index (κ1) is 16.1. The summed E-state index contributed by atoms with van der Waals surface area (Å²) >= 11 is 0. The Labute approximate surface area is 126 Å². The SMILES string of the molecule is COc1ccc(CCN(C)CC2COCCO2)cc1OC. The molecule has 0 saturated carbocycles. The highest BCUT2D eigenvalue weighted by atomic mass is 16.6. The van der Waals surface area contributed by atoms with E-state index in [9.17, 15) is 0 Å². The molecule has 0 spiro atoms. The van der Waals surface area contributed by atoms with Crippen molar-refractivity contribution in [3.63, 3.8) is 0 Å². The molecule has 5 heteroatoms. The van der Waals surface area contributed by atoms with Crippen LogP contribution >= 0.6 is 0 Å². The van der Waals surface area contributed by atoms with Gasteiger partial charge in [-0.05, 0) is 31.2 Å². The Hall–Kier alpha value is -1.30. The predicted octanol–water partition coefficient (Wildman–Crippen LogP) is 1.59. The van der Waals surface area contributed by atoms with Crippen molar-refractivity contribution < 1.29 is 18.9 Å². The number of benzene rings is 1. The lowest BCUT2D eigenvalue weighted by Crippen LogP contribution is -2.39. The van der Waals surface area contributed by atoms with E-state index >= 15 is 0 Å². The summed E-state index contributed by atoms with van der Waals surface area (Å²) < 4.78 is 21.7. The number of nitrogens with zero attached hydrogens (tertiary/aromatic N) is 1. The number of methoxy groups -OCH3 is 2. The van der Waals surface area contributed by atoms with Crippen LogP contribution in [0.5, 0.6) is 11.5 Å². The molecule has 0 radical (unpaired) electrons. The van der Waals surface area contributed by atoms with Crippen LogP contribution < -0.4 is 9.47 Å². The van der Waals surface area contributed by atoms with Gasteiger partial charge in [0.05, 0.1) is 40.1 Å². The van der Waals surface area contributed by atoms with Gasteiger partial charge in [0, 0.05) is 13.1 Å². The van der Waals surface area contributed by atoms with Crippen LogP contribution in [0.3, 0.4) is 0 Å². The Morgan fingerprint density at radius 3 is 2.67 bits per heavy atom. The summed E-state index contributed by atoms with van der Waals surface area (Å²) in [5, 5.41) is 0. The van der Waals surface area contributed by atoms with E-state index < -0.39 is 0 Å². The largest absolute Gasteiger partial charge is 0.493 e. The zero-order valence-electron chi connectivity index (χ0n) is 13.1. The predicted molar refractivity (Wildman–Crippen MR) is 81.3 cm³/mol. The molecule has 118 valence electrons. The van der Waals surface area contributed by atoms with E-state index in [1.807, 2.05) is 12.1 Å². The molecule has 1 aromatic rings. The molecule has 5 nitrogen and oxygen atoms in total. The minimum absolute atomic E-state index is 0.189. The molecule has 1 saturated heterocycles. The van der Waals surface area contributed by atoms with Crippen molar-refractivity contribution in [3.05, 3.63) is 23.8 Å². The van der Waals surface area contributed by atoms with Crippen molar-refractivity contribution in [2.45, 2.75) is 12.5 Å². The summed E-state index contributed by atoms with van der Waals surface area (Å²) in [6, 6.07) is 6.06. The molecule has 1 atom stereocenters. The van der Waals surface area contributed by atoms with E-state index in [1.165, 1.54) is 5.56 Å². The van der Waals surface area contributed by atoms with Crippen molar-refractivity contribution in [3.8, 4) is 11.5 Å². The smallest absolute Gasteiger partial charge is 0.160 e. The molecule has 0 bridgehead atoms. The minimum Gasteiger partial charge on any atom is -0.493 e. The van der Waals surface area contributed by atoms with Gasteiger partial charge in [0.2, 0.25) is 0 Å². The average Bonchev–Trinajstić information content (AvgIpc) is 2.53. The van der Waals surface area contributed by atoms with Crippen LogP contribution in [0.2, 0.25) is 0 Å². The van der Waals surface area contributed by atoms with Crippen LogP contribution in [0.4, 0.5) is 0 Å². The summed E-state index contributed by atoms with van der Waals surface area (Å²) in [6.45, 7) is 3.98. The first-order valence-corrected chi connectivity index (χ1v) is 7.31. The first-order chi connectivity index (χ1) is 10.2. The molecule has 0 N–H and O–H groups in total. The molecule has 1 aliphatic heterocycles. The van der Waals surface area contributed by atoms with Crippen LogP contribution in [-0.4, -0.2) is 65.2 Å². The van der Waals surface area contributed by atoms with E-state index in [0.29, 0.717) is 19.8 Å². The Balaban J connectivity index is 1.81. The number of ether oxygens (including phenoxy) is 4. The van der Waals surface area contributed by atoms with E-state index in [0.717, 1.165) is 31.0 Å². The standard InChI is InChI=1S/C16H25NO4/c1-17(11-14-12-20-8-9-21-14)7-6-13-4-5-15(18-2)16(10-13)19-3/h4-5,10,14H,6-9,11-12H2,1-3H3. The second-order valence-electron chi connectivity index (χ2n) is 5.27. The fourth-order valence-corrected chi connectivity index (χ4v) is 2.44. The monoisotopic (exact) mass is 295 g/mol. The Morgan fingerprint density at radius 1 is 1.19 bits per heavy atom. The van der Waals surface area contributed by atoms with Gasteiger partial charge in [0.1, 0.15) is 0 Å². The van der Waals surface area contributed by atoms with Crippen LogP contribution in [-0.2, 0) is 15.9 Å². The zero-order valence-corrected chi connectivity index (χ0v) is 13.1. The lowest BCUT2D eigenvalue weighted by atomic mass is 10.1. The highest BCUT2D eigenvalue weighted by molar-refractivity contribution is 5.42. The molecule has 0 aliphatic carbocycles. The third-order valence-corrected chi connectivity index (χ3v) is 3.63. The Morgan fingerprint density at radius 2 is 2.00 bits per heavy atom. The fraction of sp³-hybridized carbons (Fsp3) is 0.625. The van der Waals surface area contributed by atoms with Crippen molar-refractivity contribution in [1.82, 2.24) is 4.90 Å². The molecule has 2 rings (SSSR count). The van der Waals surface area contributed by atoms with Gasteiger partial charge in [0.25, 0.3) is 0 Å². The summed E-state index contributed by atoms with van der Waals surface area (Å²) in [5.74, 6) is 1.55. The molecule has 0 amide bonds.